The average molecular weight is 260 g/mol. The van der Waals surface area contributed by atoms with Gasteiger partial charge in [-0.1, -0.05) is 60.2 Å². The summed E-state index contributed by atoms with van der Waals surface area (Å²) < 4.78 is 0. The van der Waals surface area contributed by atoms with Gasteiger partial charge < -0.3 is 0 Å². The van der Waals surface area contributed by atoms with Crippen molar-refractivity contribution in [3.8, 4) is 0 Å². The van der Waals surface area contributed by atoms with Crippen molar-refractivity contribution in [3.05, 3.63) is 95.6 Å². The highest BCUT2D eigenvalue weighted by atomic mass is 14.8. The molecule has 0 radical (unpaired) electrons. The highest BCUT2D eigenvalue weighted by Crippen LogP contribution is 2.30. The lowest BCUT2D eigenvalue weighted by Gasteiger charge is -2.18. The maximum absolute atomic E-state index is 4.16. The molecule has 0 saturated heterocycles. The highest BCUT2D eigenvalue weighted by molar-refractivity contribution is 5.41. The fraction of sp³-hybridized carbons (Fsp3) is 0.111. The topological polar surface area (TPSA) is 25.8 Å². The van der Waals surface area contributed by atoms with E-state index in [0.29, 0.717) is 0 Å². The van der Waals surface area contributed by atoms with Crippen LogP contribution in [0.1, 0.15) is 28.2 Å². The van der Waals surface area contributed by atoms with Crippen molar-refractivity contribution >= 4 is 0 Å². The maximum atomic E-state index is 4.16. The monoisotopic (exact) mass is 260 g/mol. The summed E-state index contributed by atoms with van der Waals surface area (Å²) in [5.74, 6) is 0.179. The Morgan fingerprint density at radius 2 is 1.30 bits per heavy atom. The first-order valence-corrected chi connectivity index (χ1v) is 6.71. The van der Waals surface area contributed by atoms with Crippen LogP contribution in [0.4, 0.5) is 0 Å². The third kappa shape index (κ3) is 2.59. The number of hydrogen-bond acceptors (Lipinski definition) is 2. The first-order chi connectivity index (χ1) is 9.84. The molecule has 1 heterocycles. The van der Waals surface area contributed by atoms with E-state index in [4.69, 9.17) is 0 Å². The van der Waals surface area contributed by atoms with Crippen LogP contribution in [0.2, 0.25) is 0 Å². The first-order valence-electron chi connectivity index (χ1n) is 6.71. The van der Waals surface area contributed by atoms with E-state index in [-0.39, 0.29) is 5.92 Å². The van der Waals surface area contributed by atoms with Crippen molar-refractivity contribution < 1.29 is 0 Å². The summed E-state index contributed by atoms with van der Waals surface area (Å²) in [5.41, 5.74) is 4.90. The van der Waals surface area contributed by atoms with Gasteiger partial charge in [-0.25, -0.2) is 9.97 Å². The maximum Gasteiger partial charge on any atom is 0.115 e. The Morgan fingerprint density at radius 3 is 1.95 bits per heavy atom. The van der Waals surface area contributed by atoms with E-state index in [1.54, 1.807) is 6.33 Å². The van der Waals surface area contributed by atoms with Gasteiger partial charge >= 0.3 is 0 Å². The van der Waals surface area contributed by atoms with Gasteiger partial charge in [-0.2, -0.15) is 0 Å². The van der Waals surface area contributed by atoms with Crippen LogP contribution in [0.3, 0.4) is 0 Å². The van der Waals surface area contributed by atoms with E-state index in [0.717, 1.165) is 5.56 Å². The van der Waals surface area contributed by atoms with Crippen molar-refractivity contribution in [2.45, 2.75) is 12.8 Å². The van der Waals surface area contributed by atoms with Crippen LogP contribution in [0, 0.1) is 6.92 Å². The molecule has 2 nitrogen and oxygen atoms in total. The van der Waals surface area contributed by atoms with E-state index >= 15 is 0 Å². The fourth-order valence-electron chi connectivity index (χ4n) is 2.44. The number of hydrogen-bond donors (Lipinski definition) is 0. The Morgan fingerprint density at radius 1 is 0.700 bits per heavy atom. The van der Waals surface area contributed by atoms with E-state index in [1.807, 2.05) is 18.5 Å². The smallest absolute Gasteiger partial charge is 0.115 e. The van der Waals surface area contributed by atoms with Gasteiger partial charge in [0, 0.05) is 23.9 Å². The molecule has 0 aliphatic carbocycles. The minimum Gasteiger partial charge on any atom is -0.245 e. The minimum atomic E-state index is 0.179. The lowest BCUT2D eigenvalue weighted by atomic mass is 9.86. The van der Waals surface area contributed by atoms with Crippen LogP contribution < -0.4 is 0 Å². The summed E-state index contributed by atoms with van der Waals surface area (Å²) in [4.78, 5) is 8.33. The standard InChI is InChI=1S/C18H16N2/c1-14-7-9-16(10-8-14)18(15-5-3-2-4-6-15)17-11-19-13-20-12-17/h2-13,18H,1H3. The summed E-state index contributed by atoms with van der Waals surface area (Å²) >= 11 is 0. The second-order valence-corrected chi connectivity index (χ2v) is 4.93. The SMILES string of the molecule is Cc1ccc(C(c2ccccc2)c2cncnc2)cc1. The molecular formula is C18H16N2. The number of benzene rings is 2. The van der Waals surface area contributed by atoms with Gasteiger partial charge in [0.2, 0.25) is 0 Å². The number of aryl methyl sites for hydroxylation is 1. The first kappa shape index (κ1) is 12.5. The number of nitrogens with zero attached hydrogens (tertiary/aromatic N) is 2. The minimum absolute atomic E-state index is 0.179. The zero-order chi connectivity index (χ0) is 13.8. The third-order valence-corrected chi connectivity index (χ3v) is 3.46. The third-order valence-electron chi connectivity index (χ3n) is 3.46. The Hall–Kier alpha value is -2.48. The predicted molar refractivity (Wildman–Crippen MR) is 80.6 cm³/mol. The fourth-order valence-corrected chi connectivity index (χ4v) is 2.44. The summed E-state index contributed by atoms with van der Waals surface area (Å²) in [6, 6.07) is 19.1. The molecule has 0 fully saturated rings. The zero-order valence-corrected chi connectivity index (χ0v) is 11.4. The van der Waals surface area contributed by atoms with E-state index in [9.17, 15) is 0 Å². The molecule has 3 aromatic rings. The summed E-state index contributed by atoms with van der Waals surface area (Å²) in [7, 11) is 0. The normalized spacial score (nSPS) is 12.1. The van der Waals surface area contributed by atoms with Gasteiger partial charge in [-0.3, -0.25) is 0 Å². The molecule has 1 atom stereocenters. The molecule has 0 aliphatic rings. The van der Waals surface area contributed by atoms with Crippen LogP contribution >= 0.6 is 0 Å². The van der Waals surface area contributed by atoms with Gasteiger partial charge in [-0.05, 0) is 18.1 Å². The molecule has 0 spiro atoms. The van der Waals surface area contributed by atoms with Crippen molar-refractivity contribution in [1.82, 2.24) is 9.97 Å². The second-order valence-electron chi connectivity index (χ2n) is 4.93. The van der Waals surface area contributed by atoms with Crippen molar-refractivity contribution in [2.24, 2.45) is 0 Å². The predicted octanol–water partition coefficient (Wildman–Crippen LogP) is 3.97. The van der Waals surface area contributed by atoms with Gasteiger partial charge in [0.25, 0.3) is 0 Å². The van der Waals surface area contributed by atoms with Crippen LogP contribution in [0.5, 0.6) is 0 Å². The second kappa shape index (κ2) is 5.66. The molecule has 3 rings (SSSR count). The molecule has 2 aromatic carbocycles. The molecule has 1 unspecified atom stereocenters. The lowest BCUT2D eigenvalue weighted by Crippen LogP contribution is -2.04. The van der Waals surface area contributed by atoms with Crippen molar-refractivity contribution in [3.63, 3.8) is 0 Å². The number of aromatic nitrogens is 2. The quantitative estimate of drug-likeness (QED) is 0.712. The molecule has 20 heavy (non-hydrogen) atoms. The van der Waals surface area contributed by atoms with Crippen LogP contribution in [-0.4, -0.2) is 9.97 Å². The molecule has 2 heteroatoms. The Kier molecular flexibility index (Phi) is 3.55. The molecular weight excluding hydrogens is 244 g/mol. The van der Waals surface area contributed by atoms with E-state index in [2.05, 4.69) is 65.4 Å². The summed E-state index contributed by atoms with van der Waals surface area (Å²) in [6.07, 6.45) is 5.36. The lowest BCUT2D eigenvalue weighted by molar-refractivity contribution is 0.939. The zero-order valence-electron chi connectivity index (χ0n) is 11.4. The van der Waals surface area contributed by atoms with Gasteiger partial charge in [0.15, 0.2) is 0 Å². The van der Waals surface area contributed by atoms with Crippen molar-refractivity contribution in [2.75, 3.05) is 0 Å². The molecule has 0 N–H and O–H groups in total. The average Bonchev–Trinajstić information content (AvgIpc) is 2.52. The Labute approximate surface area is 119 Å². The molecule has 0 amide bonds. The highest BCUT2D eigenvalue weighted by Gasteiger charge is 2.16. The van der Waals surface area contributed by atoms with Crippen LogP contribution in [0.15, 0.2) is 73.3 Å². The van der Waals surface area contributed by atoms with Gasteiger partial charge in [-0.15, -0.1) is 0 Å². The molecule has 0 bridgehead atoms. The van der Waals surface area contributed by atoms with Crippen LogP contribution in [0.25, 0.3) is 0 Å². The van der Waals surface area contributed by atoms with E-state index < -0.39 is 0 Å². The molecule has 1 aromatic heterocycles. The molecule has 0 aliphatic heterocycles. The summed E-state index contributed by atoms with van der Waals surface area (Å²) in [6.45, 7) is 2.10. The molecule has 0 saturated carbocycles. The Balaban J connectivity index is 2.11. The number of rotatable bonds is 3. The van der Waals surface area contributed by atoms with Crippen LogP contribution in [-0.2, 0) is 0 Å². The van der Waals surface area contributed by atoms with Gasteiger partial charge in [0.05, 0.1) is 0 Å². The Bertz CT molecular complexity index is 621. The molecule has 98 valence electrons. The largest absolute Gasteiger partial charge is 0.245 e. The van der Waals surface area contributed by atoms with E-state index in [1.165, 1.54) is 16.7 Å². The summed E-state index contributed by atoms with van der Waals surface area (Å²) in [5, 5.41) is 0. The van der Waals surface area contributed by atoms with Gasteiger partial charge in [0.1, 0.15) is 6.33 Å². The van der Waals surface area contributed by atoms with Crippen molar-refractivity contribution in [1.29, 1.82) is 0 Å².